The van der Waals surface area contributed by atoms with Crippen LogP contribution in [0.25, 0.3) is 0 Å². The largest absolute Gasteiger partial charge is 0.326 e. The number of likely N-dealkylation sites (tertiary alicyclic amines) is 1. The maximum absolute atomic E-state index is 13.0. The molecule has 6 nitrogen and oxygen atoms in total. The number of nitrogens with one attached hydrogen (secondary N) is 1. The SMILES string of the molecule is O=C1CCc2cc(S(=O)(=O)N3CCC(N4CCCCC4)CC3)ccc2N1. The van der Waals surface area contributed by atoms with Gasteiger partial charge in [-0.25, -0.2) is 8.42 Å². The number of anilines is 1. The van der Waals surface area contributed by atoms with Crippen molar-refractivity contribution in [2.45, 2.75) is 55.9 Å². The Balaban J connectivity index is 1.45. The zero-order chi connectivity index (χ0) is 18.1. The molecule has 0 radical (unpaired) electrons. The number of carbonyl (C=O) groups is 1. The molecule has 2 saturated heterocycles. The van der Waals surface area contributed by atoms with Crippen LogP contribution in [0.3, 0.4) is 0 Å². The van der Waals surface area contributed by atoms with Gasteiger partial charge in [0.2, 0.25) is 15.9 Å². The molecule has 3 aliphatic heterocycles. The summed E-state index contributed by atoms with van der Waals surface area (Å²) in [5.74, 6) is -0.00658. The molecule has 0 aromatic heterocycles. The topological polar surface area (TPSA) is 69.7 Å². The van der Waals surface area contributed by atoms with Crippen molar-refractivity contribution < 1.29 is 13.2 Å². The molecule has 1 aromatic rings. The van der Waals surface area contributed by atoms with Crippen LogP contribution in [-0.2, 0) is 21.2 Å². The maximum atomic E-state index is 13.0. The van der Waals surface area contributed by atoms with E-state index in [9.17, 15) is 13.2 Å². The first-order valence-electron chi connectivity index (χ1n) is 9.71. The van der Waals surface area contributed by atoms with Crippen LogP contribution < -0.4 is 5.32 Å². The van der Waals surface area contributed by atoms with Gasteiger partial charge in [0, 0.05) is 31.2 Å². The highest BCUT2D eigenvalue weighted by Gasteiger charge is 2.32. The molecule has 0 saturated carbocycles. The summed E-state index contributed by atoms with van der Waals surface area (Å²) in [7, 11) is -3.46. The van der Waals surface area contributed by atoms with Gasteiger partial charge in [0.05, 0.1) is 4.90 Å². The summed E-state index contributed by atoms with van der Waals surface area (Å²) in [6.45, 7) is 3.51. The third kappa shape index (κ3) is 3.52. The zero-order valence-electron chi connectivity index (χ0n) is 15.1. The minimum atomic E-state index is -3.46. The molecule has 26 heavy (non-hydrogen) atoms. The van der Waals surface area contributed by atoms with E-state index in [0.29, 0.717) is 36.9 Å². The number of rotatable bonds is 3. The Morgan fingerprint density at radius 1 is 0.962 bits per heavy atom. The molecule has 2 fully saturated rings. The third-order valence-electron chi connectivity index (χ3n) is 5.94. The van der Waals surface area contributed by atoms with Crippen molar-refractivity contribution in [3.05, 3.63) is 23.8 Å². The van der Waals surface area contributed by atoms with Gasteiger partial charge in [0.15, 0.2) is 0 Å². The summed E-state index contributed by atoms with van der Waals surface area (Å²) >= 11 is 0. The van der Waals surface area contributed by atoms with Gasteiger partial charge in [-0.3, -0.25) is 4.79 Å². The van der Waals surface area contributed by atoms with Crippen molar-refractivity contribution in [2.24, 2.45) is 0 Å². The highest BCUT2D eigenvalue weighted by Crippen LogP contribution is 2.29. The van der Waals surface area contributed by atoms with Crippen molar-refractivity contribution in [2.75, 3.05) is 31.5 Å². The second kappa shape index (κ2) is 7.29. The van der Waals surface area contributed by atoms with Crippen molar-refractivity contribution in [1.29, 1.82) is 0 Å². The Bertz CT molecular complexity index is 779. The molecule has 1 amide bonds. The minimum absolute atomic E-state index is 0.00658. The van der Waals surface area contributed by atoms with E-state index in [4.69, 9.17) is 0 Å². The number of carbonyl (C=O) groups excluding carboxylic acids is 1. The number of hydrogen-bond donors (Lipinski definition) is 1. The van der Waals surface area contributed by atoms with Crippen molar-refractivity contribution in [3.63, 3.8) is 0 Å². The lowest BCUT2D eigenvalue weighted by molar-refractivity contribution is -0.116. The van der Waals surface area contributed by atoms with Crippen molar-refractivity contribution in [3.8, 4) is 0 Å². The lowest BCUT2D eigenvalue weighted by Crippen LogP contribution is -2.48. The van der Waals surface area contributed by atoms with Crippen LogP contribution in [0.1, 0.15) is 44.1 Å². The van der Waals surface area contributed by atoms with Gasteiger partial charge in [-0.05, 0) is 69.0 Å². The Hall–Kier alpha value is -1.44. The molecule has 1 N–H and O–H groups in total. The second-order valence-electron chi connectivity index (χ2n) is 7.60. The quantitative estimate of drug-likeness (QED) is 0.877. The highest BCUT2D eigenvalue weighted by atomic mass is 32.2. The predicted molar refractivity (Wildman–Crippen MR) is 101 cm³/mol. The minimum Gasteiger partial charge on any atom is -0.326 e. The summed E-state index contributed by atoms with van der Waals surface area (Å²) in [6, 6.07) is 5.61. The average molecular weight is 378 g/mol. The van der Waals surface area contributed by atoms with E-state index in [2.05, 4.69) is 10.2 Å². The maximum Gasteiger partial charge on any atom is 0.243 e. The number of piperidine rings is 2. The molecule has 3 aliphatic rings. The van der Waals surface area contributed by atoms with Gasteiger partial charge in [0.1, 0.15) is 0 Å². The molecule has 0 spiro atoms. The van der Waals surface area contributed by atoms with Crippen LogP contribution in [-0.4, -0.2) is 55.8 Å². The first-order valence-corrected chi connectivity index (χ1v) is 11.1. The fraction of sp³-hybridized carbons (Fsp3) is 0.632. The molecule has 142 valence electrons. The van der Waals surface area contributed by atoms with Crippen molar-refractivity contribution >= 4 is 21.6 Å². The summed E-state index contributed by atoms with van der Waals surface area (Å²) in [4.78, 5) is 14.4. The van der Waals surface area contributed by atoms with Crippen LogP contribution in [0.4, 0.5) is 5.69 Å². The Kier molecular flexibility index (Phi) is 5.03. The van der Waals surface area contributed by atoms with E-state index in [1.807, 2.05) is 0 Å². The number of nitrogens with zero attached hydrogens (tertiary/aromatic N) is 2. The second-order valence-corrected chi connectivity index (χ2v) is 9.54. The number of aryl methyl sites for hydroxylation is 1. The van der Waals surface area contributed by atoms with Crippen LogP contribution >= 0.6 is 0 Å². The van der Waals surface area contributed by atoms with Gasteiger partial charge in [-0.1, -0.05) is 6.42 Å². The van der Waals surface area contributed by atoms with E-state index in [0.717, 1.165) is 37.2 Å². The molecule has 1 aromatic carbocycles. The molecule has 0 aliphatic carbocycles. The monoisotopic (exact) mass is 377 g/mol. The van der Waals surface area contributed by atoms with E-state index >= 15 is 0 Å². The highest BCUT2D eigenvalue weighted by molar-refractivity contribution is 7.89. The molecular weight excluding hydrogens is 350 g/mol. The molecule has 0 unspecified atom stereocenters. The first-order chi connectivity index (χ1) is 12.5. The van der Waals surface area contributed by atoms with E-state index < -0.39 is 10.0 Å². The zero-order valence-corrected chi connectivity index (χ0v) is 15.9. The van der Waals surface area contributed by atoms with Crippen molar-refractivity contribution in [1.82, 2.24) is 9.21 Å². The third-order valence-corrected chi connectivity index (χ3v) is 7.84. The van der Waals surface area contributed by atoms with Crippen LogP contribution in [0.5, 0.6) is 0 Å². The molecule has 7 heteroatoms. The van der Waals surface area contributed by atoms with Gasteiger partial charge in [-0.15, -0.1) is 0 Å². The van der Waals surface area contributed by atoms with Gasteiger partial charge in [0.25, 0.3) is 0 Å². The Labute approximate surface area is 155 Å². The van der Waals surface area contributed by atoms with E-state index in [1.165, 1.54) is 19.3 Å². The fourth-order valence-corrected chi connectivity index (χ4v) is 5.92. The molecule has 4 rings (SSSR count). The number of hydrogen-bond acceptors (Lipinski definition) is 4. The van der Waals surface area contributed by atoms with Crippen LogP contribution in [0.15, 0.2) is 23.1 Å². The Morgan fingerprint density at radius 2 is 1.69 bits per heavy atom. The first kappa shape index (κ1) is 17.9. The van der Waals surface area contributed by atoms with Gasteiger partial charge < -0.3 is 10.2 Å². The standard InChI is InChI=1S/C19H27N3O3S/c23-19-7-4-15-14-17(5-6-18(15)20-19)26(24,25)22-12-8-16(9-13-22)21-10-2-1-3-11-21/h5-6,14,16H,1-4,7-13H2,(H,20,23). The number of fused-ring (bicyclic) bond motifs is 1. The smallest absolute Gasteiger partial charge is 0.243 e. The lowest BCUT2D eigenvalue weighted by Gasteiger charge is -2.39. The predicted octanol–water partition coefficient (Wildman–Crippen LogP) is 2.21. The van der Waals surface area contributed by atoms with Gasteiger partial charge >= 0.3 is 0 Å². The summed E-state index contributed by atoms with van der Waals surface area (Å²) in [5, 5.41) is 2.81. The summed E-state index contributed by atoms with van der Waals surface area (Å²) in [5.41, 5.74) is 1.65. The molecule has 0 atom stereocenters. The van der Waals surface area contributed by atoms with Gasteiger partial charge in [-0.2, -0.15) is 4.31 Å². The van der Waals surface area contributed by atoms with E-state index in [-0.39, 0.29) is 5.91 Å². The molecule has 3 heterocycles. The normalized spacial score (nSPS) is 23.5. The summed E-state index contributed by atoms with van der Waals surface area (Å²) in [6.07, 6.45) is 6.70. The van der Waals surface area contributed by atoms with Crippen LogP contribution in [0.2, 0.25) is 0 Å². The number of benzene rings is 1. The average Bonchev–Trinajstić information content (AvgIpc) is 2.68. The Morgan fingerprint density at radius 3 is 2.42 bits per heavy atom. The summed E-state index contributed by atoms with van der Waals surface area (Å²) < 4.78 is 27.7. The van der Waals surface area contributed by atoms with E-state index in [1.54, 1.807) is 22.5 Å². The number of sulfonamides is 1. The fourth-order valence-electron chi connectivity index (χ4n) is 4.40. The molecule has 0 bridgehead atoms. The molecular formula is C19H27N3O3S. The number of amides is 1. The lowest BCUT2D eigenvalue weighted by atomic mass is 10.0. The van der Waals surface area contributed by atoms with Crippen LogP contribution in [0, 0.1) is 0 Å².